The molecule has 0 spiro atoms. The van der Waals surface area contributed by atoms with Crippen LogP contribution in [0.5, 0.6) is 5.75 Å². The van der Waals surface area contributed by atoms with Crippen LogP contribution in [0.25, 0.3) is 0 Å². The number of aromatic nitrogens is 2. The van der Waals surface area contributed by atoms with Crippen LogP contribution in [-0.4, -0.2) is 52.7 Å². The Hall–Kier alpha value is -3.20. The Morgan fingerprint density at radius 3 is 2.63 bits per heavy atom. The fraction of sp³-hybridized carbons (Fsp3) is 0.423. The Morgan fingerprint density at radius 1 is 1.14 bits per heavy atom. The van der Waals surface area contributed by atoms with Crippen molar-refractivity contribution < 1.29 is 18.3 Å². The molecular weight excluding hydrogens is 466 g/mol. The third-order valence-electron chi connectivity index (χ3n) is 7.27. The molecule has 2 aliphatic carbocycles. The molecule has 1 aromatic carbocycles. The molecule has 1 atom stereocenters. The quantitative estimate of drug-likeness (QED) is 0.656. The zero-order valence-electron chi connectivity index (χ0n) is 20.1. The second kappa shape index (κ2) is 8.48. The highest BCUT2D eigenvalue weighted by Gasteiger charge is 2.40. The van der Waals surface area contributed by atoms with Crippen LogP contribution in [0.4, 0.5) is 0 Å². The first kappa shape index (κ1) is 23.5. The molecule has 184 valence electrons. The average molecular weight is 496 g/mol. The van der Waals surface area contributed by atoms with E-state index in [1.807, 2.05) is 26.0 Å². The van der Waals surface area contributed by atoms with Gasteiger partial charge in [-0.1, -0.05) is 35.9 Å². The van der Waals surface area contributed by atoms with Gasteiger partial charge in [0, 0.05) is 18.8 Å². The van der Waals surface area contributed by atoms with Gasteiger partial charge in [0.25, 0.3) is 5.91 Å². The van der Waals surface area contributed by atoms with Crippen LogP contribution in [-0.2, 0) is 22.7 Å². The van der Waals surface area contributed by atoms with Gasteiger partial charge >= 0.3 is 5.56 Å². The van der Waals surface area contributed by atoms with Crippen LogP contribution in [0.15, 0.2) is 51.4 Å². The molecule has 0 fully saturated rings. The molecule has 1 amide bonds. The second-order valence-electron chi connectivity index (χ2n) is 9.84. The van der Waals surface area contributed by atoms with Crippen LogP contribution in [0.3, 0.4) is 0 Å². The number of hydrogen-bond acceptors (Lipinski definition) is 6. The predicted octanol–water partition coefficient (Wildman–Crippen LogP) is 2.94. The lowest BCUT2D eigenvalue weighted by molar-refractivity contribution is 0.0606. The van der Waals surface area contributed by atoms with Gasteiger partial charge in [-0.05, 0) is 68.2 Å². The summed E-state index contributed by atoms with van der Waals surface area (Å²) in [7, 11) is -3.98. The monoisotopic (exact) mass is 495 g/mol. The number of benzene rings is 1. The molecule has 1 N–H and O–H groups in total. The number of carbonyl (C=O) groups excluding carboxylic acids is 1. The van der Waals surface area contributed by atoms with Crippen molar-refractivity contribution in [3.05, 3.63) is 74.2 Å². The lowest BCUT2D eigenvalue weighted by Crippen LogP contribution is -2.49. The van der Waals surface area contributed by atoms with E-state index < -0.39 is 38.3 Å². The molecule has 1 aliphatic heterocycles. The number of fused-ring (bicyclic) bond motifs is 2. The first-order chi connectivity index (χ1) is 16.6. The summed E-state index contributed by atoms with van der Waals surface area (Å²) in [4.78, 5) is 31.1. The molecule has 0 saturated heterocycles. The van der Waals surface area contributed by atoms with E-state index in [9.17, 15) is 23.1 Å². The van der Waals surface area contributed by atoms with E-state index in [-0.39, 0.29) is 18.3 Å². The standard InChI is InChI=1S/C26H29N3O5S/c1-15(2)28-14-21(29-22(25(28)32)23(30)24(31)27-26(29)35(3,33)34)20-10-6-9-18-13-17-8-5-4-7-16(17)11-12-19(18)20/h4,6-7,9-10,15,21,30H,5,8,11-14H2,1-3H3. The maximum Gasteiger partial charge on any atom is 0.316 e. The zero-order valence-corrected chi connectivity index (χ0v) is 20.9. The number of amides is 1. The van der Waals surface area contributed by atoms with Crippen LogP contribution >= 0.6 is 0 Å². The Labute approximate surface area is 204 Å². The average Bonchev–Trinajstić information content (AvgIpc) is 2.99. The summed E-state index contributed by atoms with van der Waals surface area (Å²) in [5, 5.41) is 10.1. The molecule has 3 aliphatic rings. The van der Waals surface area contributed by atoms with Crippen molar-refractivity contribution in [3.63, 3.8) is 0 Å². The van der Waals surface area contributed by atoms with Gasteiger partial charge < -0.3 is 10.0 Å². The minimum atomic E-state index is -3.98. The highest BCUT2D eigenvalue weighted by molar-refractivity contribution is 7.90. The fourth-order valence-electron chi connectivity index (χ4n) is 5.58. The first-order valence-corrected chi connectivity index (χ1v) is 13.8. The van der Waals surface area contributed by atoms with Crippen molar-refractivity contribution in [2.75, 3.05) is 12.8 Å². The van der Waals surface area contributed by atoms with E-state index >= 15 is 0 Å². The summed E-state index contributed by atoms with van der Waals surface area (Å²) in [5.41, 5.74) is 4.57. The van der Waals surface area contributed by atoms with Crippen molar-refractivity contribution in [2.45, 2.75) is 63.2 Å². The molecule has 0 bridgehead atoms. The van der Waals surface area contributed by atoms with Gasteiger partial charge in [-0.3, -0.25) is 14.2 Å². The van der Waals surface area contributed by atoms with Crippen LogP contribution in [0.2, 0.25) is 0 Å². The number of rotatable bonds is 3. The highest BCUT2D eigenvalue weighted by Crippen LogP contribution is 2.39. The largest absolute Gasteiger partial charge is 0.501 e. The molecule has 2 aromatic rings. The van der Waals surface area contributed by atoms with Crippen LogP contribution in [0.1, 0.15) is 66.3 Å². The molecule has 1 unspecified atom stereocenters. The minimum Gasteiger partial charge on any atom is -0.501 e. The number of allylic oxidation sites excluding steroid dienone is 4. The van der Waals surface area contributed by atoms with E-state index in [0.717, 1.165) is 49.5 Å². The van der Waals surface area contributed by atoms with E-state index in [1.165, 1.54) is 21.3 Å². The molecule has 35 heavy (non-hydrogen) atoms. The van der Waals surface area contributed by atoms with Crippen molar-refractivity contribution >= 4 is 15.7 Å². The number of nitrogens with zero attached hydrogens (tertiary/aromatic N) is 3. The van der Waals surface area contributed by atoms with Crippen molar-refractivity contribution in [2.24, 2.45) is 0 Å². The van der Waals surface area contributed by atoms with E-state index in [2.05, 4.69) is 23.2 Å². The second-order valence-corrected chi connectivity index (χ2v) is 11.7. The topological polar surface area (TPSA) is 110 Å². The van der Waals surface area contributed by atoms with E-state index in [4.69, 9.17) is 0 Å². The highest BCUT2D eigenvalue weighted by atomic mass is 32.2. The van der Waals surface area contributed by atoms with Gasteiger partial charge in [-0.2, -0.15) is 4.98 Å². The number of aromatic hydroxyl groups is 1. The number of sulfone groups is 1. The normalized spacial score (nSPS) is 19.9. The Kier molecular flexibility index (Phi) is 5.70. The SMILES string of the molecule is CC(C)N1CC(c2cccc3c2CCC2=C(CCC=C2)C3)n2c(S(C)(=O)=O)nc(=O)c(O)c2C1=O. The Morgan fingerprint density at radius 2 is 1.91 bits per heavy atom. The summed E-state index contributed by atoms with van der Waals surface area (Å²) in [5.74, 6) is -1.40. The lowest BCUT2D eigenvalue weighted by Gasteiger charge is -2.39. The number of carbonyl (C=O) groups is 1. The predicted molar refractivity (Wildman–Crippen MR) is 131 cm³/mol. The lowest BCUT2D eigenvalue weighted by atomic mass is 9.89. The molecule has 0 radical (unpaired) electrons. The van der Waals surface area contributed by atoms with E-state index in [0.29, 0.717) is 0 Å². The smallest absolute Gasteiger partial charge is 0.316 e. The molecule has 8 nitrogen and oxygen atoms in total. The maximum absolute atomic E-state index is 13.4. The first-order valence-electron chi connectivity index (χ1n) is 11.9. The van der Waals surface area contributed by atoms with Crippen LogP contribution in [0, 0.1) is 0 Å². The van der Waals surface area contributed by atoms with Crippen molar-refractivity contribution in [1.29, 1.82) is 0 Å². The molecule has 1 aromatic heterocycles. The van der Waals surface area contributed by atoms with Gasteiger partial charge in [0.05, 0.1) is 6.04 Å². The van der Waals surface area contributed by atoms with Gasteiger partial charge in [0.1, 0.15) is 0 Å². The number of hydrogen-bond donors (Lipinski definition) is 1. The molecule has 2 heterocycles. The third-order valence-corrected chi connectivity index (χ3v) is 8.22. The Bertz CT molecular complexity index is 1470. The van der Waals surface area contributed by atoms with Crippen LogP contribution < -0.4 is 5.56 Å². The minimum absolute atomic E-state index is 0.208. The molecule has 5 rings (SSSR count). The summed E-state index contributed by atoms with van der Waals surface area (Å²) in [6.07, 6.45) is 9.96. The van der Waals surface area contributed by atoms with Gasteiger partial charge in [-0.15, -0.1) is 0 Å². The summed E-state index contributed by atoms with van der Waals surface area (Å²) >= 11 is 0. The van der Waals surface area contributed by atoms with Gasteiger partial charge in [-0.25, -0.2) is 8.42 Å². The van der Waals surface area contributed by atoms with E-state index in [1.54, 1.807) is 4.90 Å². The van der Waals surface area contributed by atoms with Gasteiger partial charge in [0.2, 0.25) is 20.7 Å². The molecular formula is C26H29N3O5S. The summed E-state index contributed by atoms with van der Waals surface area (Å²) < 4.78 is 26.8. The summed E-state index contributed by atoms with van der Waals surface area (Å²) in [6.45, 7) is 3.92. The van der Waals surface area contributed by atoms with Crippen molar-refractivity contribution in [1.82, 2.24) is 14.5 Å². The maximum atomic E-state index is 13.4. The Balaban J connectivity index is 1.76. The zero-order chi connectivity index (χ0) is 25.1. The third kappa shape index (κ3) is 3.91. The fourth-order valence-corrected chi connectivity index (χ4v) is 6.40. The van der Waals surface area contributed by atoms with Crippen molar-refractivity contribution in [3.8, 4) is 5.75 Å². The molecule has 9 heteroatoms. The molecule has 0 saturated carbocycles. The summed E-state index contributed by atoms with van der Waals surface area (Å²) in [6, 6.07) is 5.20. The van der Waals surface area contributed by atoms with Gasteiger partial charge in [0.15, 0.2) is 5.69 Å².